The van der Waals surface area contributed by atoms with Crippen LogP contribution < -0.4 is 5.32 Å². The molecule has 3 aromatic rings. The second-order valence-electron chi connectivity index (χ2n) is 6.75. The number of carbonyl (C=O) groups is 2. The highest BCUT2D eigenvalue weighted by Crippen LogP contribution is 2.36. The molecule has 7 nitrogen and oxygen atoms in total. The van der Waals surface area contributed by atoms with Crippen molar-refractivity contribution in [1.29, 1.82) is 0 Å². The second kappa shape index (κ2) is 8.38. The maximum absolute atomic E-state index is 12.8. The normalized spacial score (nSPS) is 16.6. The molecule has 150 valence electrons. The fourth-order valence-corrected chi connectivity index (χ4v) is 4.08. The quantitative estimate of drug-likeness (QED) is 0.548. The first-order chi connectivity index (χ1) is 14.5. The number of aromatic amines is 1. The monoisotopic (exact) mass is 418 g/mol. The van der Waals surface area contributed by atoms with Crippen LogP contribution >= 0.6 is 11.8 Å². The van der Waals surface area contributed by atoms with E-state index in [4.69, 9.17) is 5.11 Å². The number of carboxylic acid groups (broad SMARTS) is 1. The summed E-state index contributed by atoms with van der Waals surface area (Å²) in [6.07, 6.45) is 1.61. The van der Waals surface area contributed by atoms with E-state index in [1.54, 1.807) is 30.5 Å². The predicted octanol–water partition coefficient (Wildman–Crippen LogP) is 3.66. The molecule has 8 heteroatoms. The van der Waals surface area contributed by atoms with Crippen molar-refractivity contribution in [3.63, 3.8) is 0 Å². The molecule has 0 spiro atoms. The van der Waals surface area contributed by atoms with Crippen molar-refractivity contribution in [2.45, 2.75) is 13.3 Å². The average Bonchev–Trinajstić information content (AvgIpc) is 3.34. The van der Waals surface area contributed by atoms with Gasteiger partial charge in [-0.15, -0.1) is 0 Å². The van der Waals surface area contributed by atoms with Gasteiger partial charge in [-0.25, -0.2) is 4.99 Å². The Hall–Kier alpha value is -3.65. The first kappa shape index (κ1) is 19.7. The minimum atomic E-state index is -0.884. The fourth-order valence-electron chi connectivity index (χ4n) is 3.12. The van der Waals surface area contributed by atoms with Crippen LogP contribution in [-0.4, -0.2) is 32.3 Å². The van der Waals surface area contributed by atoms with Gasteiger partial charge >= 0.3 is 5.97 Å². The van der Waals surface area contributed by atoms with Crippen molar-refractivity contribution < 1.29 is 14.7 Å². The number of hydrogen-bond acceptors (Lipinski definition) is 5. The minimum absolute atomic E-state index is 0.0424. The number of amides is 1. The van der Waals surface area contributed by atoms with Gasteiger partial charge < -0.3 is 10.4 Å². The summed E-state index contributed by atoms with van der Waals surface area (Å²) in [5.74, 6) is -1.11. The van der Waals surface area contributed by atoms with Crippen LogP contribution in [0.25, 0.3) is 5.57 Å². The summed E-state index contributed by atoms with van der Waals surface area (Å²) in [5.41, 5.74) is 4.83. The summed E-state index contributed by atoms with van der Waals surface area (Å²) in [6, 6.07) is 16.7. The molecule has 1 saturated heterocycles. The van der Waals surface area contributed by atoms with Gasteiger partial charge in [0.25, 0.3) is 5.91 Å². The molecule has 0 bridgehead atoms. The van der Waals surface area contributed by atoms with Crippen LogP contribution in [0, 0.1) is 6.92 Å². The summed E-state index contributed by atoms with van der Waals surface area (Å²) < 4.78 is 0. The SMILES string of the molecule is Cc1cccc(C(=C2SC(=Nc3ccc(CC(=O)O)cc3)NC2=O)c2ccn[nH]2)c1. The van der Waals surface area contributed by atoms with Gasteiger partial charge in [0.2, 0.25) is 0 Å². The Morgan fingerprint density at radius 1 is 1.17 bits per heavy atom. The van der Waals surface area contributed by atoms with Crippen molar-refractivity contribution in [2.24, 2.45) is 4.99 Å². The number of H-pyrrole nitrogens is 1. The number of hydrogen-bond donors (Lipinski definition) is 3. The van der Waals surface area contributed by atoms with Crippen molar-refractivity contribution >= 4 is 40.1 Å². The topological polar surface area (TPSA) is 107 Å². The van der Waals surface area contributed by atoms with Gasteiger partial charge in [-0.3, -0.25) is 14.7 Å². The summed E-state index contributed by atoms with van der Waals surface area (Å²) in [5, 5.41) is 19.1. The van der Waals surface area contributed by atoms with Gasteiger partial charge in [0.05, 0.1) is 22.7 Å². The van der Waals surface area contributed by atoms with E-state index in [-0.39, 0.29) is 12.3 Å². The zero-order chi connectivity index (χ0) is 21.1. The zero-order valence-electron chi connectivity index (χ0n) is 16.0. The third-order valence-electron chi connectivity index (χ3n) is 4.45. The molecule has 0 aliphatic carbocycles. The lowest BCUT2D eigenvalue weighted by atomic mass is 10.0. The first-order valence-corrected chi connectivity index (χ1v) is 10.0. The lowest BCUT2D eigenvalue weighted by Gasteiger charge is -2.09. The number of nitrogens with one attached hydrogen (secondary N) is 2. The molecule has 0 atom stereocenters. The van der Waals surface area contributed by atoms with E-state index in [1.165, 1.54) is 11.8 Å². The summed E-state index contributed by atoms with van der Waals surface area (Å²) in [7, 11) is 0. The molecular formula is C22H18N4O3S. The van der Waals surface area contributed by atoms with Gasteiger partial charge in [0, 0.05) is 11.8 Å². The molecule has 1 amide bonds. The van der Waals surface area contributed by atoms with E-state index in [0.717, 1.165) is 22.4 Å². The van der Waals surface area contributed by atoms with Gasteiger partial charge in [-0.05, 0) is 48.0 Å². The molecule has 3 N–H and O–H groups in total. The van der Waals surface area contributed by atoms with Crippen molar-refractivity contribution in [3.05, 3.63) is 88.1 Å². The molecule has 1 aliphatic heterocycles. The Labute approximate surface area is 176 Å². The van der Waals surface area contributed by atoms with Crippen molar-refractivity contribution in [2.75, 3.05) is 0 Å². The minimum Gasteiger partial charge on any atom is -0.481 e. The maximum Gasteiger partial charge on any atom is 0.307 e. The third-order valence-corrected chi connectivity index (χ3v) is 5.43. The summed E-state index contributed by atoms with van der Waals surface area (Å²) >= 11 is 1.26. The number of aliphatic carboxylic acids is 1. The number of benzene rings is 2. The summed E-state index contributed by atoms with van der Waals surface area (Å²) in [6.45, 7) is 2.00. The first-order valence-electron chi connectivity index (χ1n) is 9.19. The molecule has 0 saturated carbocycles. The molecule has 1 fully saturated rings. The lowest BCUT2D eigenvalue weighted by Crippen LogP contribution is -2.20. The van der Waals surface area contributed by atoms with E-state index in [9.17, 15) is 9.59 Å². The largest absolute Gasteiger partial charge is 0.481 e. The van der Waals surface area contributed by atoms with Crippen LogP contribution in [0.2, 0.25) is 0 Å². The highest BCUT2D eigenvalue weighted by molar-refractivity contribution is 8.18. The second-order valence-corrected chi connectivity index (χ2v) is 7.75. The number of rotatable bonds is 5. The number of carbonyl (C=O) groups excluding carboxylic acids is 1. The van der Waals surface area contributed by atoms with E-state index >= 15 is 0 Å². The van der Waals surface area contributed by atoms with E-state index in [1.807, 2.05) is 37.3 Å². The fraction of sp³-hybridized carbons (Fsp3) is 0.0909. The van der Waals surface area contributed by atoms with Gasteiger partial charge in [-0.2, -0.15) is 5.10 Å². The van der Waals surface area contributed by atoms with Crippen LogP contribution in [0.5, 0.6) is 0 Å². The Morgan fingerprint density at radius 2 is 1.97 bits per heavy atom. The highest BCUT2D eigenvalue weighted by Gasteiger charge is 2.29. The standard InChI is InChI=1S/C22H18N4O3S/c1-13-3-2-4-15(11-13)19(17-9-10-23-26-17)20-21(29)25-22(30-20)24-16-7-5-14(6-8-16)12-18(27)28/h2-11H,12H2,1H3,(H,23,26)(H,27,28)(H,24,25,29). The van der Waals surface area contributed by atoms with Crippen LogP contribution in [0.1, 0.15) is 22.4 Å². The average molecular weight is 418 g/mol. The molecule has 2 heterocycles. The highest BCUT2D eigenvalue weighted by atomic mass is 32.2. The number of thioether (sulfide) groups is 1. The number of carboxylic acids is 1. The molecule has 2 aromatic carbocycles. The van der Waals surface area contributed by atoms with Gasteiger partial charge in [0.15, 0.2) is 5.17 Å². The number of aliphatic imine (C=N–C) groups is 1. The number of aryl methyl sites for hydroxylation is 1. The summed E-state index contributed by atoms with van der Waals surface area (Å²) in [4.78, 5) is 28.6. The van der Waals surface area contributed by atoms with Crippen LogP contribution in [0.4, 0.5) is 5.69 Å². The molecular weight excluding hydrogens is 400 g/mol. The number of nitrogens with zero attached hydrogens (tertiary/aromatic N) is 2. The van der Waals surface area contributed by atoms with Crippen LogP contribution in [-0.2, 0) is 16.0 Å². The van der Waals surface area contributed by atoms with E-state index in [2.05, 4.69) is 20.5 Å². The Bertz CT molecular complexity index is 1170. The Morgan fingerprint density at radius 3 is 2.63 bits per heavy atom. The zero-order valence-corrected chi connectivity index (χ0v) is 16.9. The van der Waals surface area contributed by atoms with Crippen molar-refractivity contribution in [1.82, 2.24) is 15.5 Å². The molecule has 1 aliphatic rings. The van der Waals surface area contributed by atoms with E-state index < -0.39 is 5.97 Å². The molecule has 4 rings (SSSR count). The van der Waals surface area contributed by atoms with Crippen LogP contribution in [0.15, 0.2) is 70.7 Å². The van der Waals surface area contributed by atoms with Crippen LogP contribution in [0.3, 0.4) is 0 Å². The smallest absolute Gasteiger partial charge is 0.307 e. The van der Waals surface area contributed by atoms with Gasteiger partial charge in [0.1, 0.15) is 0 Å². The number of aromatic nitrogens is 2. The predicted molar refractivity (Wildman–Crippen MR) is 116 cm³/mol. The molecule has 0 unspecified atom stereocenters. The van der Waals surface area contributed by atoms with Gasteiger partial charge in [-0.1, -0.05) is 42.0 Å². The Balaban J connectivity index is 1.69. The third kappa shape index (κ3) is 4.33. The lowest BCUT2D eigenvalue weighted by molar-refractivity contribution is -0.136. The molecule has 1 aromatic heterocycles. The van der Waals surface area contributed by atoms with Crippen molar-refractivity contribution in [3.8, 4) is 0 Å². The maximum atomic E-state index is 12.8. The molecule has 30 heavy (non-hydrogen) atoms. The number of amidine groups is 1. The molecule has 0 radical (unpaired) electrons. The Kier molecular flexibility index (Phi) is 5.49. The van der Waals surface area contributed by atoms with E-state index in [0.29, 0.717) is 21.3 Å².